The van der Waals surface area contributed by atoms with Crippen LogP contribution in [0.3, 0.4) is 0 Å². The lowest BCUT2D eigenvalue weighted by atomic mass is 9.97. The van der Waals surface area contributed by atoms with Gasteiger partial charge in [-0.2, -0.15) is 4.31 Å². The van der Waals surface area contributed by atoms with Gasteiger partial charge in [-0.25, -0.2) is 8.42 Å². The topological polar surface area (TPSA) is 92.5 Å². The number of hydrogen-bond donors (Lipinski definition) is 1. The molecule has 7 nitrogen and oxygen atoms in total. The van der Waals surface area contributed by atoms with Crippen LogP contribution in [0.1, 0.15) is 41.7 Å². The standard InChI is InChI=1S/C24H27N3O4S2/c1-3-18-7-4-5-9-21(18)25-24(28)19-12-14-27(15-13-19)33(29,30)23-17(2)26-31-22(23)11-10-20-8-6-16-32-20/h4-11,16,19H,3,12-15H2,1-2H3,(H,25,28)/b11-10+. The Balaban J connectivity index is 1.44. The quantitative estimate of drug-likeness (QED) is 0.518. The Hall–Kier alpha value is -2.75. The van der Waals surface area contributed by atoms with Crippen molar-refractivity contribution in [2.45, 2.75) is 38.0 Å². The third-order valence-electron chi connectivity index (χ3n) is 5.85. The number of para-hydroxylation sites is 1. The summed E-state index contributed by atoms with van der Waals surface area (Å²) in [4.78, 5) is 13.9. The van der Waals surface area contributed by atoms with E-state index < -0.39 is 10.0 Å². The van der Waals surface area contributed by atoms with E-state index in [0.29, 0.717) is 18.5 Å². The van der Waals surface area contributed by atoms with E-state index in [-0.39, 0.29) is 35.6 Å². The molecule has 1 N–H and O–H groups in total. The van der Waals surface area contributed by atoms with E-state index in [1.165, 1.54) is 4.31 Å². The van der Waals surface area contributed by atoms with Crippen molar-refractivity contribution in [1.29, 1.82) is 0 Å². The third kappa shape index (κ3) is 5.10. The van der Waals surface area contributed by atoms with Crippen molar-refractivity contribution >= 4 is 45.1 Å². The number of hydrogen-bond acceptors (Lipinski definition) is 6. The number of nitrogens with one attached hydrogen (secondary N) is 1. The third-order valence-corrected chi connectivity index (χ3v) is 8.75. The van der Waals surface area contributed by atoms with Crippen LogP contribution in [0.25, 0.3) is 12.2 Å². The summed E-state index contributed by atoms with van der Waals surface area (Å²) in [5.41, 5.74) is 2.23. The minimum absolute atomic E-state index is 0.0614. The van der Waals surface area contributed by atoms with Crippen LogP contribution in [-0.4, -0.2) is 36.9 Å². The number of carbonyl (C=O) groups is 1. The first-order valence-electron chi connectivity index (χ1n) is 11.0. The molecule has 3 heterocycles. The number of sulfonamides is 1. The summed E-state index contributed by atoms with van der Waals surface area (Å²) in [5.74, 6) is -0.0752. The largest absolute Gasteiger partial charge is 0.355 e. The molecule has 0 saturated carbocycles. The molecule has 3 aromatic rings. The van der Waals surface area contributed by atoms with Crippen molar-refractivity contribution in [3.8, 4) is 0 Å². The molecule has 4 rings (SSSR count). The van der Waals surface area contributed by atoms with Crippen LogP contribution in [0.2, 0.25) is 0 Å². The van der Waals surface area contributed by atoms with E-state index >= 15 is 0 Å². The lowest BCUT2D eigenvalue weighted by molar-refractivity contribution is -0.120. The first-order valence-corrected chi connectivity index (χ1v) is 13.3. The van der Waals surface area contributed by atoms with Crippen LogP contribution < -0.4 is 5.32 Å². The zero-order chi connectivity index (χ0) is 23.4. The summed E-state index contributed by atoms with van der Waals surface area (Å²) in [7, 11) is -3.79. The predicted molar refractivity (Wildman–Crippen MR) is 130 cm³/mol. The Labute approximate surface area is 198 Å². The van der Waals surface area contributed by atoms with E-state index in [1.54, 1.807) is 24.3 Å². The second kappa shape index (κ2) is 10.0. The molecule has 1 aliphatic heterocycles. The average molecular weight is 486 g/mol. The van der Waals surface area contributed by atoms with Gasteiger partial charge in [-0.15, -0.1) is 11.3 Å². The van der Waals surface area contributed by atoms with Gasteiger partial charge in [0.2, 0.25) is 15.9 Å². The number of anilines is 1. The van der Waals surface area contributed by atoms with Gasteiger partial charge in [0.1, 0.15) is 5.69 Å². The van der Waals surface area contributed by atoms with Gasteiger partial charge in [0, 0.05) is 29.6 Å². The summed E-state index contributed by atoms with van der Waals surface area (Å²) in [6.45, 7) is 4.22. The second-order valence-corrected chi connectivity index (χ2v) is 10.8. The fourth-order valence-corrected chi connectivity index (χ4v) is 6.35. The number of nitrogens with zero attached hydrogens (tertiary/aromatic N) is 2. The second-order valence-electron chi connectivity index (χ2n) is 7.99. The Morgan fingerprint density at radius 1 is 1.21 bits per heavy atom. The van der Waals surface area contributed by atoms with Crippen LogP contribution in [0.5, 0.6) is 0 Å². The number of rotatable bonds is 7. The Morgan fingerprint density at radius 2 is 1.97 bits per heavy atom. The molecule has 0 spiro atoms. The van der Waals surface area contributed by atoms with Gasteiger partial charge in [-0.3, -0.25) is 4.79 Å². The highest BCUT2D eigenvalue weighted by molar-refractivity contribution is 7.89. The summed E-state index contributed by atoms with van der Waals surface area (Å²) in [5, 5.41) is 8.86. The molecule has 1 amide bonds. The average Bonchev–Trinajstić information content (AvgIpc) is 3.47. The molecular formula is C24H27N3O4S2. The van der Waals surface area contributed by atoms with Crippen LogP contribution in [-0.2, 0) is 21.2 Å². The Bertz CT molecular complexity index is 1240. The summed E-state index contributed by atoms with van der Waals surface area (Å²) >= 11 is 1.55. The maximum absolute atomic E-state index is 13.4. The maximum Gasteiger partial charge on any atom is 0.248 e. The Kier molecular flexibility index (Phi) is 7.11. The van der Waals surface area contributed by atoms with Crippen molar-refractivity contribution < 1.29 is 17.7 Å². The molecular weight excluding hydrogens is 458 g/mol. The number of thiophene rings is 1. The number of aromatic nitrogens is 1. The van der Waals surface area contributed by atoms with E-state index in [0.717, 1.165) is 22.5 Å². The molecule has 1 saturated heterocycles. The van der Waals surface area contributed by atoms with Gasteiger partial charge in [0.15, 0.2) is 10.7 Å². The molecule has 33 heavy (non-hydrogen) atoms. The molecule has 0 unspecified atom stereocenters. The number of aryl methyl sites for hydroxylation is 2. The normalized spacial score (nSPS) is 15.8. The highest BCUT2D eigenvalue weighted by atomic mass is 32.2. The van der Waals surface area contributed by atoms with Crippen LogP contribution >= 0.6 is 11.3 Å². The SMILES string of the molecule is CCc1ccccc1NC(=O)C1CCN(S(=O)(=O)c2c(C)noc2/C=C/c2cccs2)CC1. The highest BCUT2D eigenvalue weighted by Crippen LogP contribution is 2.30. The van der Waals surface area contributed by atoms with Crippen LogP contribution in [0.4, 0.5) is 5.69 Å². The van der Waals surface area contributed by atoms with E-state index in [2.05, 4.69) is 10.5 Å². The van der Waals surface area contributed by atoms with E-state index in [1.807, 2.05) is 54.8 Å². The number of benzene rings is 1. The predicted octanol–water partition coefficient (Wildman–Crippen LogP) is 4.82. The van der Waals surface area contributed by atoms with Crippen molar-refractivity contribution in [1.82, 2.24) is 9.46 Å². The summed E-state index contributed by atoms with van der Waals surface area (Å²) in [6.07, 6.45) is 5.21. The van der Waals surface area contributed by atoms with Gasteiger partial charge >= 0.3 is 0 Å². The zero-order valence-electron chi connectivity index (χ0n) is 18.7. The first kappa shape index (κ1) is 23.4. The maximum atomic E-state index is 13.4. The lowest BCUT2D eigenvalue weighted by Crippen LogP contribution is -2.41. The molecule has 0 radical (unpaired) electrons. The summed E-state index contributed by atoms with van der Waals surface area (Å²) < 4.78 is 33.5. The zero-order valence-corrected chi connectivity index (χ0v) is 20.3. The summed E-state index contributed by atoms with van der Waals surface area (Å²) in [6, 6.07) is 11.6. The van der Waals surface area contributed by atoms with E-state index in [4.69, 9.17) is 4.52 Å². The first-order chi connectivity index (χ1) is 15.9. The van der Waals surface area contributed by atoms with Crippen molar-refractivity contribution in [3.63, 3.8) is 0 Å². The van der Waals surface area contributed by atoms with Crippen molar-refractivity contribution in [3.05, 3.63) is 63.7 Å². The molecule has 0 aliphatic carbocycles. The fraction of sp³-hybridized carbons (Fsp3) is 0.333. The molecule has 0 bridgehead atoms. The highest BCUT2D eigenvalue weighted by Gasteiger charge is 2.36. The minimum atomic E-state index is -3.79. The molecule has 9 heteroatoms. The van der Waals surface area contributed by atoms with Crippen molar-refractivity contribution in [2.24, 2.45) is 5.92 Å². The van der Waals surface area contributed by atoms with Crippen LogP contribution in [0.15, 0.2) is 51.2 Å². The molecule has 1 aliphatic rings. The van der Waals surface area contributed by atoms with Crippen LogP contribution in [0, 0.1) is 12.8 Å². The molecule has 1 fully saturated rings. The van der Waals surface area contributed by atoms with Gasteiger partial charge in [0.25, 0.3) is 0 Å². The number of piperidine rings is 1. The molecule has 2 aromatic heterocycles. The minimum Gasteiger partial charge on any atom is -0.355 e. The Morgan fingerprint density at radius 3 is 2.67 bits per heavy atom. The van der Waals surface area contributed by atoms with E-state index in [9.17, 15) is 13.2 Å². The van der Waals surface area contributed by atoms with Gasteiger partial charge in [-0.1, -0.05) is 36.3 Å². The van der Waals surface area contributed by atoms with Gasteiger partial charge in [0.05, 0.1) is 0 Å². The molecule has 1 aromatic carbocycles. The number of amides is 1. The fourth-order valence-electron chi connectivity index (χ4n) is 4.02. The van der Waals surface area contributed by atoms with Gasteiger partial charge < -0.3 is 9.84 Å². The number of carbonyl (C=O) groups excluding carboxylic acids is 1. The lowest BCUT2D eigenvalue weighted by Gasteiger charge is -2.30. The smallest absolute Gasteiger partial charge is 0.248 e. The molecule has 0 atom stereocenters. The van der Waals surface area contributed by atoms with Crippen molar-refractivity contribution in [2.75, 3.05) is 18.4 Å². The van der Waals surface area contributed by atoms with Gasteiger partial charge in [-0.05, 0) is 61.4 Å². The monoisotopic (exact) mass is 485 g/mol. The molecule has 174 valence electrons.